The molecule has 12 heteroatoms. The highest BCUT2D eigenvalue weighted by molar-refractivity contribution is 7.91. The summed E-state index contributed by atoms with van der Waals surface area (Å²) >= 11 is 0. The summed E-state index contributed by atoms with van der Waals surface area (Å²) in [6.07, 6.45) is -2.36. The molecule has 0 atom stereocenters. The number of fused-ring (bicyclic) bond motifs is 1. The fourth-order valence-corrected chi connectivity index (χ4v) is 3.79. The van der Waals surface area contributed by atoms with Gasteiger partial charge in [-0.3, -0.25) is 4.79 Å². The molecule has 0 saturated carbocycles. The molecule has 154 valence electrons. The lowest BCUT2D eigenvalue weighted by Crippen LogP contribution is -2.12. The van der Waals surface area contributed by atoms with Crippen LogP contribution in [0.4, 0.5) is 18.9 Å². The number of hydrogen-bond acceptors (Lipinski definition) is 6. The van der Waals surface area contributed by atoms with Gasteiger partial charge in [-0.1, -0.05) is 6.92 Å². The molecule has 8 nitrogen and oxygen atoms in total. The largest absolute Gasteiger partial charge is 0.433 e. The Balaban J connectivity index is 2.25. The highest BCUT2D eigenvalue weighted by atomic mass is 32.2. The molecule has 29 heavy (non-hydrogen) atoms. The Morgan fingerprint density at radius 1 is 1.21 bits per heavy atom. The van der Waals surface area contributed by atoms with E-state index in [1.165, 1.54) is 37.7 Å². The summed E-state index contributed by atoms with van der Waals surface area (Å²) < 4.78 is 65.4. The maximum absolute atomic E-state index is 12.9. The number of aromatic nitrogens is 4. The van der Waals surface area contributed by atoms with Crippen molar-refractivity contribution < 1.29 is 26.4 Å². The number of carbonyl (C=O) groups excluding carboxylic acids is 1. The standard InChI is InChI=1S/C17H16F3N5O3S/c1-4-29(27,28)13-5-10(23-9(2)26)7-22-15(13)16-24-11-6-14(17(18,19)20)21-8-12(11)25(16)3/h5-8H,4H2,1-3H3,(H,23,26). The molecule has 3 rings (SSSR count). The van der Waals surface area contributed by atoms with Crippen LogP contribution in [-0.4, -0.2) is 39.6 Å². The minimum absolute atomic E-state index is 0.00240. The van der Waals surface area contributed by atoms with Crippen molar-refractivity contribution in [3.8, 4) is 11.5 Å². The zero-order valence-corrected chi connectivity index (χ0v) is 16.4. The summed E-state index contributed by atoms with van der Waals surface area (Å²) in [6, 6.07) is 2.04. The minimum Gasteiger partial charge on any atom is -0.325 e. The van der Waals surface area contributed by atoms with E-state index in [-0.39, 0.29) is 38.9 Å². The van der Waals surface area contributed by atoms with E-state index in [9.17, 15) is 26.4 Å². The Hall–Kier alpha value is -3.02. The minimum atomic E-state index is -4.64. The van der Waals surface area contributed by atoms with Gasteiger partial charge in [-0.15, -0.1) is 0 Å². The second-order valence-corrected chi connectivity index (χ2v) is 8.45. The van der Waals surface area contributed by atoms with Gasteiger partial charge in [-0.05, 0) is 12.1 Å². The van der Waals surface area contributed by atoms with Gasteiger partial charge in [-0.2, -0.15) is 13.2 Å². The zero-order valence-electron chi connectivity index (χ0n) is 15.6. The molecule has 0 aliphatic heterocycles. The fraction of sp³-hybridized carbons (Fsp3) is 0.294. The molecule has 0 aliphatic carbocycles. The molecule has 0 bridgehead atoms. The van der Waals surface area contributed by atoms with Crippen LogP contribution in [0.3, 0.4) is 0 Å². The third-order valence-corrected chi connectivity index (χ3v) is 5.90. The number of sulfone groups is 1. The number of aryl methyl sites for hydroxylation is 1. The number of nitrogens with one attached hydrogen (secondary N) is 1. The topological polar surface area (TPSA) is 107 Å². The number of rotatable bonds is 4. The van der Waals surface area contributed by atoms with E-state index in [4.69, 9.17) is 0 Å². The van der Waals surface area contributed by atoms with Crippen molar-refractivity contribution >= 4 is 32.5 Å². The lowest BCUT2D eigenvalue weighted by Gasteiger charge is -2.11. The number of carbonyl (C=O) groups is 1. The van der Waals surface area contributed by atoms with Crippen molar-refractivity contribution in [3.63, 3.8) is 0 Å². The van der Waals surface area contributed by atoms with Crippen LogP contribution in [0.1, 0.15) is 19.5 Å². The van der Waals surface area contributed by atoms with E-state index in [1.807, 2.05) is 0 Å². The van der Waals surface area contributed by atoms with Gasteiger partial charge in [0.1, 0.15) is 11.4 Å². The first kappa shape index (κ1) is 20.7. The van der Waals surface area contributed by atoms with Gasteiger partial charge < -0.3 is 9.88 Å². The van der Waals surface area contributed by atoms with Gasteiger partial charge in [0.15, 0.2) is 15.7 Å². The average molecular weight is 427 g/mol. The van der Waals surface area contributed by atoms with Crippen LogP contribution in [0, 0.1) is 0 Å². The zero-order chi connectivity index (χ0) is 21.6. The van der Waals surface area contributed by atoms with Crippen molar-refractivity contribution in [1.82, 2.24) is 19.5 Å². The third kappa shape index (κ3) is 3.92. The monoisotopic (exact) mass is 427 g/mol. The first-order chi connectivity index (χ1) is 13.4. The lowest BCUT2D eigenvalue weighted by atomic mass is 10.3. The molecule has 3 heterocycles. The van der Waals surface area contributed by atoms with E-state index >= 15 is 0 Å². The predicted octanol–water partition coefficient (Wildman–Crippen LogP) is 2.80. The molecular weight excluding hydrogens is 411 g/mol. The molecule has 0 spiro atoms. The molecule has 1 amide bonds. The molecular formula is C17H16F3N5O3S. The number of nitrogens with zero attached hydrogens (tertiary/aromatic N) is 4. The summed E-state index contributed by atoms with van der Waals surface area (Å²) in [7, 11) is -2.26. The molecule has 0 fully saturated rings. The van der Waals surface area contributed by atoms with E-state index < -0.39 is 27.6 Å². The van der Waals surface area contributed by atoms with Crippen LogP contribution in [0.25, 0.3) is 22.6 Å². The molecule has 0 aromatic carbocycles. The van der Waals surface area contributed by atoms with Crippen LogP contribution in [-0.2, 0) is 27.9 Å². The third-order valence-electron chi connectivity index (χ3n) is 4.16. The molecule has 0 aliphatic rings. The molecule has 0 unspecified atom stereocenters. The Bertz CT molecular complexity index is 1220. The number of alkyl halides is 3. The van der Waals surface area contributed by atoms with Crippen molar-refractivity contribution in [2.45, 2.75) is 24.9 Å². The summed E-state index contributed by atoms with van der Waals surface area (Å²) in [6.45, 7) is 2.71. The lowest BCUT2D eigenvalue weighted by molar-refractivity contribution is -0.141. The molecule has 0 radical (unpaired) electrons. The molecule has 3 aromatic heterocycles. The number of pyridine rings is 2. The van der Waals surface area contributed by atoms with Gasteiger partial charge >= 0.3 is 6.18 Å². The Labute approximate surface area is 163 Å². The van der Waals surface area contributed by atoms with E-state index in [0.717, 1.165) is 12.3 Å². The van der Waals surface area contributed by atoms with E-state index in [0.29, 0.717) is 0 Å². The van der Waals surface area contributed by atoms with Crippen molar-refractivity contribution in [2.24, 2.45) is 7.05 Å². The summed E-state index contributed by atoms with van der Waals surface area (Å²) in [5.74, 6) is -0.593. The number of imidazole rings is 1. The van der Waals surface area contributed by atoms with E-state index in [1.54, 1.807) is 0 Å². The Kier molecular flexibility index (Phi) is 5.07. The first-order valence-electron chi connectivity index (χ1n) is 8.34. The van der Waals surface area contributed by atoms with Crippen LogP contribution >= 0.6 is 0 Å². The summed E-state index contributed by atoms with van der Waals surface area (Å²) in [4.78, 5) is 22.8. The number of halogens is 3. The van der Waals surface area contributed by atoms with Gasteiger partial charge in [0.25, 0.3) is 0 Å². The van der Waals surface area contributed by atoms with Crippen LogP contribution < -0.4 is 5.32 Å². The van der Waals surface area contributed by atoms with Gasteiger partial charge in [0.05, 0.1) is 39.8 Å². The first-order valence-corrected chi connectivity index (χ1v) is 9.99. The van der Waals surface area contributed by atoms with Crippen molar-refractivity contribution in [2.75, 3.05) is 11.1 Å². The van der Waals surface area contributed by atoms with E-state index in [2.05, 4.69) is 20.3 Å². The second kappa shape index (κ2) is 7.10. The fourth-order valence-electron chi connectivity index (χ4n) is 2.73. The molecule has 3 aromatic rings. The summed E-state index contributed by atoms with van der Waals surface area (Å²) in [5.41, 5.74) is -0.690. The van der Waals surface area contributed by atoms with Crippen LogP contribution in [0.2, 0.25) is 0 Å². The smallest absolute Gasteiger partial charge is 0.325 e. The predicted molar refractivity (Wildman–Crippen MR) is 98.8 cm³/mol. The maximum atomic E-state index is 12.9. The molecule has 0 saturated heterocycles. The number of anilines is 1. The van der Waals surface area contributed by atoms with Crippen molar-refractivity contribution in [3.05, 3.63) is 30.2 Å². The SMILES string of the molecule is CCS(=O)(=O)c1cc(NC(C)=O)cnc1-c1nc2cc(C(F)(F)F)ncc2n1C. The molecule has 1 N–H and O–H groups in total. The van der Waals surface area contributed by atoms with Gasteiger partial charge in [-0.25, -0.2) is 23.4 Å². The number of amides is 1. The number of hydrogen-bond donors (Lipinski definition) is 1. The second-order valence-electron chi connectivity index (χ2n) is 6.21. The average Bonchev–Trinajstić information content (AvgIpc) is 2.96. The summed E-state index contributed by atoms with van der Waals surface area (Å²) in [5, 5.41) is 2.46. The normalized spacial score (nSPS) is 12.3. The highest BCUT2D eigenvalue weighted by Gasteiger charge is 2.33. The Morgan fingerprint density at radius 3 is 2.48 bits per heavy atom. The quantitative estimate of drug-likeness (QED) is 0.686. The maximum Gasteiger partial charge on any atom is 0.433 e. The van der Waals surface area contributed by atoms with Crippen molar-refractivity contribution in [1.29, 1.82) is 0 Å². The van der Waals surface area contributed by atoms with Crippen LogP contribution in [0.5, 0.6) is 0 Å². The van der Waals surface area contributed by atoms with Crippen LogP contribution in [0.15, 0.2) is 29.4 Å². The Morgan fingerprint density at radius 2 is 1.90 bits per heavy atom. The van der Waals surface area contributed by atoms with Gasteiger partial charge in [0, 0.05) is 14.0 Å². The highest BCUT2D eigenvalue weighted by Crippen LogP contribution is 2.33. The van der Waals surface area contributed by atoms with Gasteiger partial charge in [0.2, 0.25) is 5.91 Å².